The second kappa shape index (κ2) is 2.93. The van der Waals surface area contributed by atoms with Crippen LogP contribution in [0.1, 0.15) is 5.56 Å². The summed E-state index contributed by atoms with van der Waals surface area (Å²) in [5.41, 5.74) is 1.83. The van der Waals surface area contributed by atoms with Gasteiger partial charge in [-0.15, -0.1) is 5.10 Å². The maximum atomic E-state index is 4.16. The summed E-state index contributed by atoms with van der Waals surface area (Å²) in [7, 11) is 0. The maximum absolute atomic E-state index is 4.16. The Balaban J connectivity index is 2.88. The SMILES string of the molecule is Cc1cnnc2ncc(I)cc12. The van der Waals surface area contributed by atoms with E-state index in [1.165, 1.54) is 0 Å². The molecule has 0 saturated heterocycles. The number of nitrogens with zero attached hydrogens (tertiary/aromatic N) is 3. The summed E-state index contributed by atoms with van der Waals surface area (Å²) in [5.74, 6) is 0. The van der Waals surface area contributed by atoms with Gasteiger partial charge in [0.05, 0.1) is 6.20 Å². The first-order chi connectivity index (χ1) is 5.77. The first-order valence-corrected chi connectivity index (χ1v) is 4.59. The molecule has 0 aliphatic heterocycles. The van der Waals surface area contributed by atoms with Crippen LogP contribution in [0.3, 0.4) is 0 Å². The van der Waals surface area contributed by atoms with E-state index in [4.69, 9.17) is 0 Å². The van der Waals surface area contributed by atoms with E-state index in [0.717, 1.165) is 20.2 Å². The lowest BCUT2D eigenvalue weighted by molar-refractivity contribution is 1.04. The van der Waals surface area contributed by atoms with Crippen molar-refractivity contribution in [2.24, 2.45) is 0 Å². The molecule has 0 radical (unpaired) electrons. The number of aryl methyl sites for hydroxylation is 1. The number of fused-ring (bicyclic) bond motifs is 1. The van der Waals surface area contributed by atoms with E-state index in [9.17, 15) is 0 Å². The van der Waals surface area contributed by atoms with Crippen molar-refractivity contribution in [3.63, 3.8) is 0 Å². The van der Waals surface area contributed by atoms with E-state index in [2.05, 4.69) is 43.8 Å². The lowest BCUT2D eigenvalue weighted by atomic mass is 10.2. The molecule has 0 aromatic carbocycles. The van der Waals surface area contributed by atoms with Gasteiger partial charge >= 0.3 is 0 Å². The molecule has 60 valence electrons. The number of hydrogen-bond donors (Lipinski definition) is 0. The quantitative estimate of drug-likeness (QED) is 0.687. The summed E-state index contributed by atoms with van der Waals surface area (Å²) in [4.78, 5) is 4.16. The highest BCUT2D eigenvalue weighted by molar-refractivity contribution is 14.1. The minimum absolute atomic E-state index is 0.718. The van der Waals surface area contributed by atoms with E-state index in [1.54, 1.807) is 12.4 Å². The average molecular weight is 271 g/mol. The molecule has 0 atom stereocenters. The molecule has 0 saturated carbocycles. The Kier molecular flexibility index (Phi) is 1.92. The minimum Gasteiger partial charge on any atom is -0.234 e. The molecule has 2 rings (SSSR count). The molecule has 12 heavy (non-hydrogen) atoms. The Hall–Kier alpha value is -0.780. The molecule has 4 heteroatoms. The topological polar surface area (TPSA) is 38.7 Å². The summed E-state index contributed by atoms with van der Waals surface area (Å²) < 4.78 is 1.12. The van der Waals surface area contributed by atoms with Crippen molar-refractivity contribution in [2.75, 3.05) is 0 Å². The van der Waals surface area contributed by atoms with Crippen molar-refractivity contribution in [3.05, 3.63) is 27.6 Å². The van der Waals surface area contributed by atoms with Gasteiger partial charge < -0.3 is 0 Å². The van der Waals surface area contributed by atoms with Crippen LogP contribution in [0, 0.1) is 10.5 Å². The molecule has 0 fully saturated rings. The molecule has 0 N–H and O–H groups in total. The van der Waals surface area contributed by atoms with Gasteiger partial charge in [0.25, 0.3) is 0 Å². The molecule has 0 aliphatic rings. The van der Waals surface area contributed by atoms with Crippen molar-refractivity contribution in [1.29, 1.82) is 0 Å². The first kappa shape index (κ1) is 7.85. The second-order valence-corrected chi connectivity index (χ2v) is 3.80. The van der Waals surface area contributed by atoms with Crippen LogP contribution in [-0.4, -0.2) is 15.2 Å². The van der Waals surface area contributed by atoms with Crippen molar-refractivity contribution in [2.45, 2.75) is 6.92 Å². The van der Waals surface area contributed by atoms with E-state index in [-0.39, 0.29) is 0 Å². The largest absolute Gasteiger partial charge is 0.234 e. The second-order valence-electron chi connectivity index (χ2n) is 2.55. The molecule has 0 bridgehead atoms. The normalized spacial score (nSPS) is 10.5. The molecule has 0 spiro atoms. The van der Waals surface area contributed by atoms with Crippen LogP contribution in [0.15, 0.2) is 18.5 Å². The van der Waals surface area contributed by atoms with Crippen molar-refractivity contribution >= 4 is 33.6 Å². The Bertz CT molecular complexity index is 428. The van der Waals surface area contributed by atoms with Crippen molar-refractivity contribution in [1.82, 2.24) is 15.2 Å². The van der Waals surface area contributed by atoms with E-state index in [1.807, 2.05) is 6.92 Å². The summed E-state index contributed by atoms with van der Waals surface area (Å²) in [6.07, 6.45) is 3.54. The highest BCUT2D eigenvalue weighted by atomic mass is 127. The standard InChI is InChI=1S/C8H6IN3/c1-5-3-11-12-8-7(5)2-6(9)4-10-8/h2-4H,1H3. The third-order valence-corrected chi connectivity index (χ3v) is 2.25. The molecule has 0 amide bonds. The van der Waals surface area contributed by atoms with Gasteiger partial charge in [0.1, 0.15) is 0 Å². The number of pyridine rings is 1. The predicted octanol–water partition coefficient (Wildman–Crippen LogP) is 1.94. The fourth-order valence-corrected chi connectivity index (χ4v) is 1.49. The van der Waals surface area contributed by atoms with Crippen LogP contribution < -0.4 is 0 Å². The highest BCUT2D eigenvalue weighted by Gasteiger charge is 1.99. The molecule has 0 unspecified atom stereocenters. The number of hydrogen-bond acceptors (Lipinski definition) is 3. The van der Waals surface area contributed by atoms with Crippen LogP contribution in [0.25, 0.3) is 11.0 Å². The average Bonchev–Trinajstić information content (AvgIpc) is 2.07. The number of aromatic nitrogens is 3. The van der Waals surface area contributed by atoms with Gasteiger partial charge in [-0.25, -0.2) is 4.98 Å². The van der Waals surface area contributed by atoms with E-state index < -0.39 is 0 Å². The zero-order chi connectivity index (χ0) is 8.55. The van der Waals surface area contributed by atoms with Gasteiger partial charge in [-0.1, -0.05) is 0 Å². The summed E-state index contributed by atoms with van der Waals surface area (Å²) in [5, 5.41) is 8.83. The first-order valence-electron chi connectivity index (χ1n) is 3.51. The fourth-order valence-electron chi connectivity index (χ4n) is 1.04. The lowest BCUT2D eigenvalue weighted by Crippen LogP contribution is -1.90. The Morgan fingerprint density at radius 2 is 2.17 bits per heavy atom. The van der Waals surface area contributed by atoms with Crippen molar-refractivity contribution in [3.8, 4) is 0 Å². The molecule has 2 aromatic heterocycles. The van der Waals surface area contributed by atoms with Gasteiger partial charge in [0.2, 0.25) is 0 Å². The summed E-state index contributed by atoms with van der Waals surface area (Å²) in [6.45, 7) is 2.01. The third-order valence-electron chi connectivity index (χ3n) is 1.66. The van der Waals surface area contributed by atoms with Crippen LogP contribution in [-0.2, 0) is 0 Å². The Morgan fingerprint density at radius 3 is 3.00 bits per heavy atom. The van der Waals surface area contributed by atoms with Gasteiger partial charge in [0, 0.05) is 15.2 Å². The summed E-state index contributed by atoms with van der Waals surface area (Å²) in [6, 6.07) is 2.06. The lowest BCUT2D eigenvalue weighted by Gasteiger charge is -1.98. The van der Waals surface area contributed by atoms with Gasteiger partial charge in [0.15, 0.2) is 5.65 Å². The number of halogens is 1. The van der Waals surface area contributed by atoms with Gasteiger partial charge in [-0.3, -0.25) is 0 Å². The minimum atomic E-state index is 0.718. The zero-order valence-electron chi connectivity index (χ0n) is 6.45. The Morgan fingerprint density at radius 1 is 1.33 bits per heavy atom. The van der Waals surface area contributed by atoms with Gasteiger partial charge in [-0.05, 0) is 41.1 Å². The zero-order valence-corrected chi connectivity index (χ0v) is 8.61. The third kappa shape index (κ3) is 1.26. The van der Waals surface area contributed by atoms with E-state index >= 15 is 0 Å². The molecular weight excluding hydrogens is 265 g/mol. The predicted molar refractivity (Wildman–Crippen MR) is 54.8 cm³/mol. The van der Waals surface area contributed by atoms with Gasteiger partial charge in [-0.2, -0.15) is 5.10 Å². The van der Waals surface area contributed by atoms with Crippen LogP contribution in [0.2, 0.25) is 0 Å². The van der Waals surface area contributed by atoms with Crippen LogP contribution in [0.4, 0.5) is 0 Å². The van der Waals surface area contributed by atoms with E-state index in [0.29, 0.717) is 0 Å². The van der Waals surface area contributed by atoms with Crippen LogP contribution >= 0.6 is 22.6 Å². The van der Waals surface area contributed by atoms with Crippen molar-refractivity contribution < 1.29 is 0 Å². The fraction of sp³-hybridized carbons (Fsp3) is 0.125. The Labute approximate surface area is 83.4 Å². The molecule has 0 aliphatic carbocycles. The molecule has 2 heterocycles. The smallest absolute Gasteiger partial charge is 0.182 e. The summed E-state index contributed by atoms with van der Waals surface area (Å²) >= 11 is 2.23. The number of rotatable bonds is 0. The molecule has 3 nitrogen and oxygen atoms in total. The molecular formula is C8H6IN3. The molecule has 2 aromatic rings. The van der Waals surface area contributed by atoms with Crippen LogP contribution in [0.5, 0.6) is 0 Å². The monoisotopic (exact) mass is 271 g/mol. The maximum Gasteiger partial charge on any atom is 0.182 e. The highest BCUT2D eigenvalue weighted by Crippen LogP contribution is 2.14.